The van der Waals surface area contributed by atoms with Gasteiger partial charge in [0, 0.05) is 0 Å². The molecule has 1 aromatic heterocycles. The second kappa shape index (κ2) is 5.81. The fourth-order valence-corrected chi connectivity index (χ4v) is 2.67. The van der Waals surface area contributed by atoms with E-state index in [1.54, 1.807) is 12.1 Å². The molecule has 0 aliphatic heterocycles. The summed E-state index contributed by atoms with van der Waals surface area (Å²) in [6, 6.07) is 21.0. The summed E-state index contributed by atoms with van der Waals surface area (Å²) >= 11 is 1.11. The lowest BCUT2D eigenvalue weighted by Gasteiger charge is -2.05. The average molecular weight is 296 g/mol. The van der Waals surface area contributed by atoms with Gasteiger partial charge < -0.3 is 9.84 Å². The van der Waals surface area contributed by atoms with Crippen LogP contribution >= 0.6 is 11.3 Å². The zero-order valence-corrected chi connectivity index (χ0v) is 11.8. The quantitative estimate of drug-likeness (QED) is 0.744. The monoisotopic (exact) mass is 296 g/mol. The fraction of sp³-hybridized carbons (Fsp3) is 0. The molecule has 0 fully saturated rings. The normalized spacial score (nSPS) is 10.3. The van der Waals surface area contributed by atoms with Crippen LogP contribution in [0, 0.1) is 0 Å². The minimum absolute atomic E-state index is 0.269. The zero-order valence-electron chi connectivity index (χ0n) is 11.0. The number of aromatic carboxylic acids is 1. The molecule has 0 atom stereocenters. The highest BCUT2D eigenvalue weighted by Gasteiger charge is 2.08. The number of hydrogen-bond donors (Lipinski definition) is 1. The zero-order chi connectivity index (χ0) is 14.7. The van der Waals surface area contributed by atoms with Crippen LogP contribution in [0.5, 0.6) is 10.8 Å². The molecule has 4 heteroatoms. The van der Waals surface area contributed by atoms with E-state index in [4.69, 9.17) is 9.84 Å². The molecule has 1 N–H and O–H groups in total. The molecule has 0 aliphatic carbocycles. The highest BCUT2D eigenvalue weighted by atomic mass is 32.1. The van der Waals surface area contributed by atoms with E-state index in [9.17, 15) is 4.79 Å². The van der Waals surface area contributed by atoms with Gasteiger partial charge in [-0.15, -0.1) is 0 Å². The standard InChI is InChI=1S/C17H12O3S/c18-17(19)15-10-11-16(21-15)20-14-8-6-13(7-9-14)12-4-2-1-3-5-12/h1-11H,(H,18,19). The lowest BCUT2D eigenvalue weighted by molar-refractivity contribution is 0.0702. The Balaban J connectivity index is 1.76. The van der Waals surface area contributed by atoms with Gasteiger partial charge in [0.15, 0.2) is 5.06 Å². The third-order valence-corrected chi connectivity index (χ3v) is 3.92. The topological polar surface area (TPSA) is 46.5 Å². The van der Waals surface area contributed by atoms with Crippen molar-refractivity contribution < 1.29 is 14.6 Å². The van der Waals surface area contributed by atoms with Crippen LogP contribution in [0.25, 0.3) is 11.1 Å². The van der Waals surface area contributed by atoms with Gasteiger partial charge in [-0.1, -0.05) is 53.8 Å². The Morgan fingerprint density at radius 1 is 0.857 bits per heavy atom. The Morgan fingerprint density at radius 2 is 1.52 bits per heavy atom. The number of benzene rings is 2. The second-order valence-electron chi connectivity index (χ2n) is 4.42. The van der Waals surface area contributed by atoms with E-state index in [1.165, 1.54) is 0 Å². The number of thiophene rings is 1. The van der Waals surface area contributed by atoms with E-state index in [1.807, 2.05) is 54.6 Å². The van der Waals surface area contributed by atoms with Crippen molar-refractivity contribution in [1.29, 1.82) is 0 Å². The Bertz CT molecular complexity index is 745. The number of hydrogen-bond acceptors (Lipinski definition) is 3. The highest BCUT2D eigenvalue weighted by molar-refractivity contribution is 7.15. The second-order valence-corrected chi connectivity index (χ2v) is 5.46. The summed E-state index contributed by atoms with van der Waals surface area (Å²) in [6.45, 7) is 0. The van der Waals surface area contributed by atoms with Gasteiger partial charge in [0.1, 0.15) is 10.6 Å². The van der Waals surface area contributed by atoms with Crippen LogP contribution in [0.1, 0.15) is 9.67 Å². The van der Waals surface area contributed by atoms with Gasteiger partial charge >= 0.3 is 5.97 Å². The number of carboxylic acid groups (broad SMARTS) is 1. The van der Waals surface area contributed by atoms with Crippen LogP contribution in [0.2, 0.25) is 0 Å². The van der Waals surface area contributed by atoms with Crippen molar-refractivity contribution in [1.82, 2.24) is 0 Å². The molecule has 0 unspecified atom stereocenters. The molecule has 3 nitrogen and oxygen atoms in total. The summed E-state index contributed by atoms with van der Waals surface area (Å²) in [4.78, 5) is 11.1. The van der Waals surface area contributed by atoms with Gasteiger partial charge in [-0.05, 0) is 35.4 Å². The molecule has 21 heavy (non-hydrogen) atoms. The molecular weight excluding hydrogens is 284 g/mol. The van der Waals surface area contributed by atoms with Gasteiger partial charge in [-0.25, -0.2) is 4.79 Å². The molecule has 0 spiro atoms. The maximum atomic E-state index is 10.8. The van der Waals surface area contributed by atoms with Crippen molar-refractivity contribution in [3.8, 4) is 21.9 Å². The predicted octanol–water partition coefficient (Wildman–Crippen LogP) is 4.91. The van der Waals surface area contributed by atoms with E-state index in [2.05, 4.69) is 0 Å². The van der Waals surface area contributed by atoms with Crippen molar-refractivity contribution in [3.63, 3.8) is 0 Å². The van der Waals surface area contributed by atoms with Crippen molar-refractivity contribution in [2.45, 2.75) is 0 Å². The molecule has 0 radical (unpaired) electrons. The lowest BCUT2D eigenvalue weighted by atomic mass is 10.1. The van der Waals surface area contributed by atoms with E-state index in [0.717, 1.165) is 22.5 Å². The first-order valence-electron chi connectivity index (χ1n) is 6.39. The molecule has 104 valence electrons. The third kappa shape index (κ3) is 3.12. The van der Waals surface area contributed by atoms with E-state index >= 15 is 0 Å². The number of carbonyl (C=O) groups is 1. The van der Waals surface area contributed by atoms with Crippen LogP contribution in [-0.4, -0.2) is 11.1 Å². The van der Waals surface area contributed by atoms with Crippen molar-refractivity contribution in [3.05, 3.63) is 71.6 Å². The highest BCUT2D eigenvalue weighted by Crippen LogP contribution is 2.30. The lowest BCUT2D eigenvalue weighted by Crippen LogP contribution is -1.89. The number of ether oxygens (including phenoxy) is 1. The van der Waals surface area contributed by atoms with Gasteiger partial charge in [0.05, 0.1) is 0 Å². The third-order valence-electron chi connectivity index (χ3n) is 2.97. The van der Waals surface area contributed by atoms with Crippen molar-refractivity contribution in [2.75, 3.05) is 0 Å². The first-order chi connectivity index (χ1) is 10.2. The maximum absolute atomic E-state index is 10.8. The van der Waals surface area contributed by atoms with Crippen molar-refractivity contribution >= 4 is 17.3 Å². The molecule has 0 saturated carbocycles. The van der Waals surface area contributed by atoms with E-state index in [0.29, 0.717) is 10.8 Å². The smallest absolute Gasteiger partial charge is 0.345 e. The molecule has 3 rings (SSSR count). The minimum Gasteiger partial charge on any atom is -0.477 e. The van der Waals surface area contributed by atoms with Crippen LogP contribution in [0.3, 0.4) is 0 Å². The van der Waals surface area contributed by atoms with Gasteiger partial charge in [0.25, 0.3) is 0 Å². The number of rotatable bonds is 4. The Morgan fingerprint density at radius 3 is 2.14 bits per heavy atom. The minimum atomic E-state index is -0.936. The van der Waals surface area contributed by atoms with Gasteiger partial charge in [-0.2, -0.15) is 0 Å². The van der Waals surface area contributed by atoms with Crippen LogP contribution < -0.4 is 4.74 Å². The fourth-order valence-electron chi connectivity index (χ4n) is 1.95. The van der Waals surface area contributed by atoms with Crippen molar-refractivity contribution in [2.24, 2.45) is 0 Å². The van der Waals surface area contributed by atoms with Crippen LogP contribution in [-0.2, 0) is 0 Å². The van der Waals surface area contributed by atoms with Crippen LogP contribution in [0.4, 0.5) is 0 Å². The largest absolute Gasteiger partial charge is 0.477 e. The summed E-state index contributed by atoms with van der Waals surface area (Å²) < 4.78 is 5.66. The molecule has 0 saturated heterocycles. The Labute approximate surface area is 126 Å². The molecule has 3 aromatic rings. The average Bonchev–Trinajstić information content (AvgIpc) is 2.98. The molecular formula is C17H12O3S. The van der Waals surface area contributed by atoms with E-state index < -0.39 is 5.97 Å². The molecule has 0 bridgehead atoms. The SMILES string of the molecule is O=C(O)c1ccc(Oc2ccc(-c3ccccc3)cc2)s1. The molecule has 1 heterocycles. The van der Waals surface area contributed by atoms with Gasteiger partial charge in [0.2, 0.25) is 0 Å². The van der Waals surface area contributed by atoms with Crippen LogP contribution in [0.15, 0.2) is 66.7 Å². The van der Waals surface area contributed by atoms with Gasteiger partial charge in [-0.3, -0.25) is 0 Å². The summed E-state index contributed by atoms with van der Waals surface area (Å²) in [7, 11) is 0. The number of carboxylic acids is 1. The predicted molar refractivity (Wildman–Crippen MR) is 83.2 cm³/mol. The molecule has 0 aliphatic rings. The molecule has 0 amide bonds. The first kappa shape index (κ1) is 13.4. The Hall–Kier alpha value is -2.59. The Kier molecular flexibility index (Phi) is 3.71. The maximum Gasteiger partial charge on any atom is 0.345 e. The van der Waals surface area contributed by atoms with E-state index in [-0.39, 0.29) is 4.88 Å². The summed E-state index contributed by atoms with van der Waals surface area (Å²) in [5.74, 6) is -0.247. The molecule has 2 aromatic carbocycles. The summed E-state index contributed by atoms with van der Waals surface area (Å²) in [6.07, 6.45) is 0. The first-order valence-corrected chi connectivity index (χ1v) is 7.20. The summed E-state index contributed by atoms with van der Waals surface area (Å²) in [5.41, 5.74) is 2.26. The summed E-state index contributed by atoms with van der Waals surface area (Å²) in [5, 5.41) is 9.45.